The maximum absolute atomic E-state index is 12.9. The lowest BCUT2D eigenvalue weighted by molar-refractivity contribution is 0.0935. The maximum atomic E-state index is 12.9. The van der Waals surface area contributed by atoms with Crippen molar-refractivity contribution in [1.82, 2.24) is 19.5 Å². The van der Waals surface area contributed by atoms with E-state index >= 15 is 0 Å². The van der Waals surface area contributed by atoms with Gasteiger partial charge in [0.15, 0.2) is 0 Å². The lowest BCUT2D eigenvalue weighted by atomic mass is 10.1. The second-order valence-electron chi connectivity index (χ2n) is 7.02. The molecular formula is C21H23N5O5. The molecule has 0 saturated heterocycles. The molecule has 31 heavy (non-hydrogen) atoms. The molecule has 3 amide bonds. The minimum absolute atomic E-state index is 0.175. The number of nitrogens with zero attached hydrogens (tertiary/aromatic N) is 3. The third-order valence-electron chi connectivity index (χ3n) is 4.88. The van der Waals surface area contributed by atoms with E-state index in [4.69, 9.17) is 0 Å². The van der Waals surface area contributed by atoms with E-state index in [1.54, 1.807) is 19.9 Å². The summed E-state index contributed by atoms with van der Waals surface area (Å²) < 4.78 is 7.32. The highest BCUT2D eigenvalue weighted by Gasteiger charge is 2.19. The molecule has 2 heterocycles. The first-order valence-corrected chi connectivity index (χ1v) is 9.65. The Morgan fingerprint density at radius 1 is 1.16 bits per heavy atom. The number of nitrogens with one attached hydrogen (secondary N) is 2. The Bertz CT molecular complexity index is 1240. The largest absolute Gasteiger partial charge is 0.453 e. The number of rotatable bonds is 5. The second kappa shape index (κ2) is 8.82. The molecule has 1 aromatic carbocycles. The SMILES string of the molecule is CCCn1cnn2cc(C(=O)Nc3cc(C(=O)NC(=O)OC)ccc3C)c(C)c2c1=O. The van der Waals surface area contributed by atoms with E-state index in [0.717, 1.165) is 13.5 Å². The van der Waals surface area contributed by atoms with Crippen LogP contribution in [0.15, 0.2) is 35.5 Å². The Hall–Kier alpha value is -3.95. The maximum Gasteiger partial charge on any atom is 0.413 e. The van der Waals surface area contributed by atoms with E-state index in [1.807, 2.05) is 6.92 Å². The van der Waals surface area contributed by atoms with Gasteiger partial charge in [0.2, 0.25) is 0 Å². The highest BCUT2D eigenvalue weighted by molar-refractivity contribution is 6.08. The van der Waals surface area contributed by atoms with Crippen molar-refractivity contribution in [2.75, 3.05) is 12.4 Å². The van der Waals surface area contributed by atoms with Crippen molar-refractivity contribution >= 4 is 29.1 Å². The summed E-state index contributed by atoms with van der Waals surface area (Å²) in [6.45, 7) is 5.96. The molecule has 0 fully saturated rings. The molecule has 0 spiro atoms. The number of aromatic nitrogens is 3. The number of hydrogen-bond donors (Lipinski definition) is 2. The molecule has 0 aliphatic carbocycles. The molecule has 0 atom stereocenters. The minimum atomic E-state index is -0.881. The van der Waals surface area contributed by atoms with E-state index in [-0.39, 0.29) is 11.1 Å². The Kier molecular flexibility index (Phi) is 6.19. The van der Waals surface area contributed by atoms with E-state index < -0.39 is 17.9 Å². The van der Waals surface area contributed by atoms with Crippen LogP contribution in [-0.2, 0) is 11.3 Å². The summed E-state index contributed by atoms with van der Waals surface area (Å²) in [5, 5.41) is 9.05. The Labute approximate surface area is 177 Å². The van der Waals surface area contributed by atoms with Crippen LogP contribution >= 0.6 is 0 Å². The number of anilines is 1. The number of hydrogen-bond acceptors (Lipinski definition) is 6. The summed E-state index contributed by atoms with van der Waals surface area (Å²) >= 11 is 0. The third-order valence-corrected chi connectivity index (χ3v) is 4.88. The standard InChI is InChI=1S/C21H23N5O5/c1-5-8-25-11-22-26-10-15(13(3)17(26)20(25)29)19(28)23-16-9-14(7-6-12(16)2)18(27)24-21(30)31-4/h6-7,9-11H,5,8H2,1-4H3,(H,23,28)(H,24,27,30). The summed E-state index contributed by atoms with van der Waals surface area (Å²) in [7, 11) is 1.15. The lowest BCUT2D eigenvalue weighted by Gasteiger charge is -2.10. The lowest BCUT2D eigenvalue weighted by Crippen LogP contribution is -2.30. The van der Waals surface area contributed by atoms with E-state index in [0.29, 0.717) is 34.4 Å². The number of fused-ring (bicyclic) bond motifs is 1. The van der Waals surface area contributed by atoms with Gasteiger partial charge in [-0.25, -0.2) is 9.31 Å². The molecule has 2 aromatic heterocycles. The van der Waals surface area contributed by atoms with Gasteiger partial charge in [-0.3, -0.25) is 24.3 Å². The molecule has 0 aliphatic rings. The fourth-order valence-electron chi connectivity index (χ4n) is 3.17. The zero-order chi connectivity index (χ0) is 22.7. The number of ether oxygens (including phenoxy) is 1. The zero-order valence-electron chi connectivity index (χ0n) is 17.7. The van der Waals surface area contributed by atoms with Gasteiger partial charge in [0.25, 0.3) is 17.4 Å². The van der Waals surface area contributed by atoms with Crippen molar-refractivity contribution in [1.29, 1.82) is 0 Å². The van der Waals surface area contributed by atoms with Crippen LogP contribution in [0.4, 0.5) is 10.5 Å². The predicted octanol–water partition coefficient (Wildman–Crippen LogP) is 2.27. The minimum Gasteiger partial charge on any atom is -0.453 e. The van der Waals surface area contributed by atoms with Crippen LogP contribution in [0.2, 0.25) is 0 Å². The number of amides is 3. The molecule has 10 heteroatoms. The van der Waals surface area contributed by atoms with Gasteiger partial charge in [-0.2, -0.15) is 5.10 Å². The van der Waals surface area contributed by atoms with E-state index in [9.17, 15) is 19.2 Å². The highest BCUT2D eigenvalue weighted by Crippen LogP contribution is 2.20. The average Bonchev–Trinajstić information content (AvgIpc) is 3.08. The Morgan fingerprint density at radius 2 is 1.90 bits per heavy atom. The number of alkyl carbamates (subject to hydrolysis) is 1. The fourth-order valence-corrected chi connectivity index (χ4v) is 3.17. The quantitative estimate of drug-likeness (QED) is 0.646. The molecular weight excluding hydrogens is 402 g/mol. The van der Waals surface area contributed by atoms with Gasteiger partial charge in [0.1, 0.15) is 11.8 Å². The number of benzene rings is 1. The number of carbonyl (C=O) groups excluding carboxylic acids is 3. The fraction of sp³-hybridized carbons (Fsp3) is 0.286. The highest BCUT2D eigenvalue weighted by atomic mass is 16.5. The smallest absolute Gasteiger partial charge is 0.413 e. The van der Waals surface area contributed by atoms with Crippen molar-refractivity contribution in [2.24, 2.45) is 0 Å². The summed E-state index contributed by atoms with van der Waals surface area (Å²) in [5.74, 6) is -1.10. The van der Waals surface area contributed by atoms with Crippen molar-refractivity contribution in [2.45, 2.75) is 33.7 Å². The van der Waals surface area contributed by atoms with Crippen molar-refractivity contribution in [3.8, 4) is 0 Å². The van der Waals surface area contributed by atoms with Gasteiger partial charge < -0.3 is 10.1 Å². The summed E-state index contributed by atoms with van der Waals surface area (Å²) in [5.41, 5.74) is 2.21. The normalized spacial score (nSPS) is 10.7. The molecule has 3 rings (SSSR count). The van der Waals surface area contributed by atoms with Crippen molar-refractivity contribution in [3.63, 3.8) is 0 Å². The molecule has 3 aromatic rings. The van der Waals surface area contributed by atoms with Crippen LogP contribution in [0.1, 0.15) is 45.2 Å². The van der Waals surface area contributed by atoms with Gasteiger partial charge in [0, 0.05) is 24.0 Å². The van der Waals surface area contributed by atoms with E-state index in [1.165, 1.54) is 33.7 Å². The molecule has 0 saturated carbocycles. The number of imide groups is 1. The van der Waals surface area contributed by atoms with Crippen LogP contribution in [0.5, 0.6) is 0 Å². The average molecular weight is 425 g/mol. The summed E-state index contributed by atoms with van der Waals surface area (Å²) in [4.78, 5) is 49.1. The van der Waals surface area contributed by atoms with Crippen LogP contribution in [0.3, 0.4) is 0 Å². The van der Waals surface area contributed by atoms with Crippen LogP contribution < -0.4 is 16.2 Å². The first-order chi connectivity index (χ1) is 14.8. The third kappa shape index (κ3) is 4.32. The monoisotopic (exact) mass is 425 g/mol. The van der Waals surface area contributed by atoms with Crippen molar-refractivity contribution in [3.05, 3.63) is 63.3 Å². The van der Waals surface area contributed by atoms with Crippen LogP contribution in [-0.4, -0.2) is 39.2 Å². The molecule has 10 nitrogen and oxygen atoms in total. The van der Waals surface area contributed by atoms with Gasteiger partial charge in [0.05, 0.1) is 12.7 Å². The van der Waals surface area contributed by atoms with Crippen molar-refractivity contribution < 1.29 is 19.1 Å². The second-order valence-corrected chi connectivity index (χ2v) is 7.02. The number of aryl methyl sites for hydroxylation is 3. The molecule has 0 radical (unpaired) electrons. The number of methoxy groups -OCH3 is 1. The predicted molar refractivity (Wildman–Crippen MR) is 113 cm³/mol. The van der Waals surface area contributed by atoms with E-state index in [2.05, 4.69) is 20.5 Å². The van der Waals surface area contributed by atoms with Gasteiger partial charge in [-0.15, -0.1) is 0 Å². The topological polar surface area (TPSA) is 124 Å². The molecule has 0 aliphatic heterocycles. The first-order valence-electron chi connectivity index (χ1n) is 9.65. The zero-order valence-corrected chi connectivity index (χ0v) is 17.7. The molecule has 162 valence electrons. The summed E-state index contributed by atoms with van der Waals surface area (Å²) in [6, 6.07) is 4.64. The van der Waals surface area contributed by atoms with Crippen LogP contribution in [0.25, 0.3) is 5.52 Å². The van der Waals surface area contributed by atoms with Gasteiger partial charge in [-0.05, 0) is 43.5 Å². The molecule has 2 N–H and O–H groups in total. The number of carbonyl (C=O) groups is 3. The Morgan fingerprint density at radius 3 is 2.58 bits per heavy atom. The van der Waals surface area contributed by atoms with Crippen LogP contribution in [0, 0.1) is 13.8 Å². The molecule has 0 bridgehead atoms. The van der Waals surface area contributed by atoms with Gasteiger partial charge >= 0.3 is 6.09 Å². The van der Waals surface area contributed by atoms with Gasteiger partial charge in [-0.1, -0.05) is 13.0 Å². The molecule has 0 unspecified atom stereocenters. The summed E-state index contributed by atoms with van der Waals surface area (Å²) in [6.07, 6.45) is 2.85. The Balaban J connectivity index is 1.92. The first kappa shape index (κ1) is 21.8.